The van der Waals surface area contributed by atoms with E-state index in [-0.39, 0.29) is 19.4 Å². The summed E-state index contributed by atoms with van der Waals surface area (Å²) >= 11 is 0. The van der Waals surface area contributed by atoms with Crippen molar-refractivity contribution in [1.82, 2.24) is 0 Å². The number of Topliss-reactive ketones (excluding diaryl/α,β-unsaturated/α-hetero) is 1. The minimum Gasteiger partial charge on any atom is -0.463 e. The van der Waals surface area contributed by atoms with Crippen molar-refractivity contribution in [3.63, 3.8) is 0 Å². The monoisotopic (exact) mass is 600 g/mol. The molecule has 0 amide bonds. The van der Waals surface area contributed by atoms with Crippen molar-refractivity contribution < 1.29 is 53.1 Å². The molecule has 0 aromatic heterocycles. The molecule has 1 aromatic rings. The molecule has 1 aliphatic heterocycles. The predicted octanol–water partition coefficient (Wildman–Crippen LogP) is 3.18. The van der Waals surface area contributed by atoms with Gasteiger partial charge in [0.25, 0.3) is 0 Å². The van der Waals surface area contributed by atoms with Gasteiger partial charge in [-0.2, -0.15) is 0 Å². The van der Waals surface area contributed by atoms with E-state index in [1.807, 2.05) is 37.3 Å². The fourth-order valence-electron chi connectivity index (χ4n) is 8.15. The number of carbonyl (C=O) groups is 4. The highest BCUT2D eigenvalue weighted by Gasteiger charge is 2.77. The number of esters is 2. The zero-order valence-electron chi connectivity index (χ0n) is 25.4. The van der Waals surface area contributed by atoms with Gasteiger partial charge in [-0.25, -0.2) is 4.79 Å². The summed E-state index contributed by atoms with van der Waals surface area (Å²) < 4.78 is 29.4. The van der Waals surface area contributed by atoms with Crippen molar-refractivity contribution in [1.29, 1.82) is 0 Å². The summed E-state index contributed by atoms with van der Waals surface area (Å²) in [5.41, 5.74) is -4.46. The van der Waals surface area contributed by atoms with Gasteiger partial charge >= 0.3 is 18.1 Å². The number of carbonyl (C=O) groups excluding carboxylic acids is 4. The summed E-state index contributed by atoms with van der Waals surface area (Å²) in [6, 6.07) is 9.23. The van der Waals surface area contributed by atoms with Crippen molar-refractivity contribution in [2.24, 2.45) is 16.7 Å². The highest BCUT2D eigenvalue weighted by molar-refractivity contribution is 5.95. The minimum atomic E-state index is -2.28. The average molecular weight is 601 g/mol. The Hall–Kier alpha value is -3.28. The molecule has 1 aromatic carbocycles. The molecule has 1 saturated heterocycles. The van der Waals surface area contributed by atoms with Gasteiger partial charge in [0.1, 0.15) is 12.2 Å². The van der Waals surface area contributed by atoms with Crippen LogP contribution in [0.25, 0.3) is 0 Å². The first-order valence-electron chi connectivity index (χ1n) is 14.6. The Morgan fingerprint density at radius 1 is 1.07 bits per heavy atom. The number of ketones is 1. The molecule has 4 aliphatic rings. The normalized spacial score (nSPS) is 38.1. The lowest BCUT2D eigenvalue weighted by Crippen LogP contribution is -2.76. The van der Waals surface area contributed by atoms with Crippen LogP contribution in [0.2, 0.25) is 0 Å². The Morgan fingerprint density at radius 2 is 1.74 bits per heavy atom. The molecule has 0 unspecified atom stereocenters. The van der Waals surface area contributed by atoms with E-state index in [4.69, 9.17) is 23.7 Å². The molecule has 0 radical (unpaired) electrons. The zero-order chi connectivity index (χ0) is 31.5. The second-order valence-corrected chi connectivity index (χ2v) is 13.0. The maximum absolute atomic E-state index is 15.1. The fourth-order valence-corrected chi connectivity index (χ4v) is 8.15. The van der Waals surface area contributed by atoms with E-state index in [0.29, 0.717) is 12.0 Å². The first-order valence-corrected chi connectivity index (χ1v) is 14.6. The second-order valence-electron chi connectivity index (χ2n) is 13.0. The van der Waals surface area contributed by atoms with E-state index >= 15 is 4.79 Å². The summed E-state index contributed by atoms with van der Waals surface area (Å²) in [6.07, 6.45) is -5.86. The predicted molar refractivity (Wildman–Crippen MR) is 149 cm³/mol. The maximum atomic E-state index is 15.1. The SMILES string of the molecule is CC(=O)OC[C@@]1(O)[C@H]2[C@@H]3OC(=O)O[C@]34CCC(C)=C([C@@H](OC(C)=O)C(=O)[C@]2(C)[C@@H](OCc2ccccc2)C[C@@H]1O)C4(C)C. The molecule has 3 aliphatic carbocycles. The first kappa shape index (κ1) is 31.2. The number of hydrogen-bond donors (Lipinski definition) is 2. The van der Waals surface area contributed by atoms with Crippen molar-refractivity contribution in [2.45, 2.75) is 103 Å². The molecule has 1 spiro atoms. The largest absolute Gasteiger partial charge is 0.509 e. The van der Waals surface area contributed by atoms with Gasteiger partial charge in [-0.1, -0.05) is 49.8 Å². The molecule has 5 rings (SSSR count). The minimum absolute atomic E-state index is 0.0632. The third kappa shape index (κ3) is 4.67. The molecule has 11 heteroatoms. The number of aliphatic hydroxyl groups is 2. The van der Waals surface area contributed by atoms with Crippen LogP contribution in [-0.4, -0.2) is 76.3 Å². The number of allylic oxidation sites excluding steroid dienone is 1. The van der Waals surface area contributed by atoms with E-state index in [0.717, 1.165) is 18.1 Å². The van der Waals surface area contributed by atoms with Crippen molar-refractivity contribution in [3.8, 4) is 0 Å². The molecular formula is C32H40O11. The number of ether oxygens (including phenoxy) is 5. The summed E-state index contributed by atoms with van der Waals surface area (Å²) in [5, 5.41) is 24.0. The quantitative estimate of drug-likeness (QED) is 0.281. The standard InChI is InChI=1S/C32H40O11/c1-17-12-13-32-27(42-28(37)43-32)25-30(6,26(36)24(41-19(3)34)23(17)29(32,4)5)22(39-15-20-10-8-7-9-11-20)14-21(35)31(25,38)16-40-18(2)33/h7-11,21-22,24-25,27,35,38H,12-16H2,1-6H3/t21-,22-,24+,25-,27-,30+,31-,32+/m0/s1. The Kier molecular flexibility index (Phi) is 7.76. The Labute approximate surface area is 250 Å². The van der Waals surface area contributed by atoms with Gasteiger partial charge in [0.15, 0.2) is 23.6 Å². The van der Waals surface area contributed by atoms with E-state index in [2.05, 4.69) is 0 Å². The molecular weight excluding hydrogens is 560 g/mol. The Balaban J connectivity index is 1.77. The third-order valence-electron chi connectivity index (χ3n) is 10.3. The lowest BCUT2D eigenvalue weighted by molar-refractivity contribution is -0.272. The van der Waals surface area contributed by atoms with Gasteiger partial charge in [0.05, 0.1) is 24.2 Å². The topological polar surface area (TPSA) is 155 Å². The number of hydrogen-bond acceptors (Lipinski definition) is 11. The molecule has 2 N–H and O–H groups in total. The Bertz CT molecular complexity index is 1350. The molecule has 8 atom stereocenters. The van der Waals surface area contributed by atoms with Crippen LogP contribution in [0, 0.1) is 16.7 Å². The highest BCUT2D eigenvalue weighted by Crippen LogP contribution is 2.64. The number of aliphatic hydroxyl groups excluding tert-OH is 1. The highest BCUT2D eigenvalue weighted by atomic mass is 16.8. The molecule has 234 valence electrons. The van der Waals surface area contributed by atoms with Crippen LogP contribution in [0.4, 0.5) is 4.79 Å². The average Bonchev–Trinajstić information content (AvgIpc) is 3.27. The summed E-state index contributed by atoms with van der Waals surface area (Å²) in [5.74, 6) is -3.40. The smallest absolute Gasteiger partial charge is 0.463 e. The summed E-state index contributed by atoms with van der Waals surface area (Å²) in [7, 11) is 0. The Morgan fingerprint density at radius 3 is 2.37 bits per heavy atom. The van der Waals surface area contributed by atoms with Gasteiger partial charge in [0, 0.05) is 31.6 Å². The zero-order valence-corrected chi connectivity index (χ0v) is 25.4. The van der Waals surface area contributed by atoms with Crippen molar-refractivity contribution in [3.05, 3.63) is 47.0 Å². The van der Waals surface area contributed by atoms with Crippen LogP contribution in [-0.2, 0) is 44.7 Å². The van der Waals surface area contributed by atoms with Gasteiger partial charge in [0.2, 0.25) is 0 Å². The first-order chi connectivity index (χ1) is 20.1. The van der Waals surface area contributed by atoms with Gasteiger partial charge in [-0.3, -0.25) is 14.4 Å². The van der Waals surface area contributed by atoms with Gasteiger partial charge < -0.3 is 33.9 Å². The summed E-state index contributed by atoms with van der Waals surface area (Å²) in [4.78, 5) is 52.7. The van der Waals surface area contributed by atoms with Crippen LogP contribution < -0.4 is 0 Å². The van der Waals surface area contributed by atoms with E-state index in [1.165, 1.54) is 6.92 Å². The van der Waals surface area contributed by atoms with Crippen LogP contribution in [0.15, 0.2) is 41.5 Å². The van der Waals surface area contributed by atoms with Crippen LogP contribution >= 0.6 is 0 Å². The van der Waals surface area contributed by atoms with Crippen LogP contribution in [0.3, 0.4) is 0 Å². The lowest BCUT2D eigenvalue weighted by atomic mass is 9.45. The molecule has 43 heavy (non-hydrogen) atoms. The molecule has 2 bridgehead atoms. The number of rotatable bonds is 6. The molecule has 2 saturated carbocycles. The fraction of sp³-hybridized carbons (Fsp3) is 0.625. The number of fused-ring (bicyclic) bond motifs is 3. The third-order valence-corrected chi connectivity index (χ3v) is 10.3. The van der Waals surface area contributed by atoms with Crippen LogP contribution in [0.5, 0.6) is 0 Å². The van der Waals surface area contributed by atoms with Crippen molar-refractivity contribution >= 4 is 23.9 Å². The molecule has 11 nitrogen and oxygen atoms in total. The maximum Gasteiger partial charge on any atom is 0.509 e. The van der Waals surface area contributed by atoms with E-state index < -0.39 is 82.8 Å². The molecule has 1 heterocycles. The van der Waals surface area contributed by atoms with Crippen molar-refractivity contribution in [2.75, 3.05) is 6.61 Å². The number of benzene rings is 1. The van der Waals surface area contributed by atoms with Gasteiger partial charge in [-0.15, -0.1) is 0 Å². The van der Waals surface area contributed by atoms with Gasteiger partial charge in [-0.05, 0) is 37.8 Å². The van der Waals surface area contributed by atoms with Crippen LogP contribution in [0.1, 0.15) is 66.4 Å². The van der Waals surface area contributed by atoms with E-state index in [1.54, 1.807) is 20.8 Å². The molecule has 3 fully saturated rings. The van der Waals surface area contributed by atoms with E-state index in [9.17, 15) is 24.6 Å². The second kappa shape index (κ2) is 10.7. The lowest BCUT2D eigenvalue weighted by Gasteiger charge is -2.62. The summed E-state index contributed by atoms with van der Waals surface area (Å²) in [6.45, 7) is 8.75.